The van der Waals surface area contributed by atoms with E-state index in [2.05, 4.69) is 5.32 Å². The molecule has 7 nitrogen and oxygen atoms in total. The second kappa shape index (κ2) is 10.9. The quantitative estimate of drug-likeness (QED) is 0.199. The maximum atomic E-state index is 12.9. The van der Waals surface area contributed by atoms with Crippen molar-refractivity contribution >= 4 is 28.9 Å². The molecule has 0 heterocycles. The second-order valence-electron chi connectivity index (χ2n) is 8.30. The molecule has 0 saturated heterocycles. The third-order valence-corrected chi connectivity index (χ3v) is 5.45. The van der Waals surface area contributed by atoms with Gasteiger partial charge in [0, 0.05) is 22.7 Å². The summed E-state index contributed by atoms with van der Waals surface area (Å²) in [4.78, 5) is 23.9. The first-order valence-electron chi connectivity index (χ1n) is 11.1. The molecule has 0 atom stereocenters. The summed E-state index contributed by atoms with van der Waals surface area (Å²) in [7, 11) is 0. The molecule has 0 unspecified atom stereocenters. The number of amides is 1. The molecule has 0 aliphatic rings. The summed E-state index contributed by atoms with van der Waals surface area (Å²) in [5.74, 6) is 1.04. The van der Waals surface area contributed by atoms with Crippen LogP contribution in [0.2, 0.25) is 5.02 Å². The number of nitro benzene ring substituents is 1. The van der Waals surface area contributed by atoms with Gasteiger partial charge in [0.25, 0.3) is 11.6 Å². The Balaban J connectivity index is 1.50. The van der Waals surface area contributed by atoms with Crippen molar-refractivity contribution in [3.63, 3.8) is 0 Å². The number of rotatable bonds is 8. The zero-order valence-corrected chi connectivity index (χ0v) is 20.4. The van der Waals surface area contributed by atoms with Gasteiger partial charge >= 0.3 is 0 Å². The first kappa shape index (κ1) is 24.8. The second-order valence-corrected chi connectivity index (χ2v) is 8.73. The molecule has 0 fully saturated rings. The van der Waals surface area contributed by atoms with Crippen LogP contribution in [0.25, 0.3) is 0 Å². The summed E-state index contributed by atoms with van der Waals surface area (Å²) in [6.45, 7) is 4.13. The Morgan fingerprint density at radius 3 is 2.28 bits per heavy atom. The average Bonchev–Trinajstić information content (AvgIpc) is 2.83. The van der Waals surface area contributed by atoms with Crippen molar-refractivity contribution in [2.24, 2.45) is 0 Å². The fraction of sp³-hybridized carbons (Fsp3) is 0.107. The summed E-state index contributed by atoms with van der Waals surface area (Å²) in [6, 6.07) is 23.8. The van der Waals surface area contributed by atoms with Crippen molar-refractivity contribution in [3.8, 4) is 17.2 Å². The van der Waals surface area contributed by atoms with E-state index in [-0.39, 0.29) is 23.7 Å². The van der Waals surface area contributed by atoms with E-state index in [1.165, 1.54) is 12.1 Å². The van der Waals surface area contributed by atoms with Gasteiger partial charge in [-0.05, 0) is 79.1 Å². The van der Waals surface area contributed by atoms with Crippen LogP contribution in [0, 0.1) is 24.0 Å². The number of carbonyl (C=O) groups is 1. The first-order valence-corrected chi connectivity index (χ1v) is 11.5. The van der Waals surface area contributed by atoms with Gasteiger partial charge in [-0.25, -0.2) is 0 Å². The summed E-state index contributed by atoms with van der Waals surface area (Å²) in [5, 5.41) is 14.8. The molecule has 182 valence electrons. The van der Waals surface area contributed by atoms with Gasteiger partial charge in [-0.15, -0.1) is 0 Å². The molecule has 0 bridgehead atoms. The highest BCUT2D eigenvalue weighted by atomic mass is 35.5. The van der Waals surface area contributed by atoms with E-state index < -0.39 is 10.8 Å². The summed E-state index contributed by atoms with van der Waals surface area (Å²) in [5.41, 5.74) is 3.23. The predicted octanol–water partition coefficient (Wildman–Crippen LogP) is 7.49. The molecule has 8 heteroatoms. The molecule has 0 spiro atoms. The lowest BCUT2D eigenvalue weighted by Crippen LogP contribution is -2.12. The maximum Gasteiger partial charge on any atom is 0.275 e. The number of nitrogens with one attached hydrogen (secondary N) is 1. The number of nitrogens with zero attached hydrogens (tertiary/aromatic N) is 1. The molecule has 4 aromatic rings. The van der Waals surface area contributed by atoms with Crippen LogP contribution in [0.3, 0.4) is 0 Å². The van der Waals surface area contributed by atoms with Crippen molar-refractivity contribution in [1.82, 2.24) is 0 Å². The fourth-order valence-corrected chi connectivity index (χ4v) is 3.78. The van der Waals surface area contributed by atoms with Gasteiger partial charge in [-0.1, -0.05) is 29.8 Å². The number of non-ortho nitro benzene ring substituents is 1. The SMILES string of the molecule is Cc1cc(C)cc(Oc2cc(NC(=O)c3cccc(COc4ccc(Cl)cc4)c3)cc([N+](=O)[O-])c2)c1. The van der Waals surface area contributed by atoms with Gasteiger partial charge in [0.05, 0.1) is 16.7 Å². The van der Waals surface area contributed by atoms with Gasteiger partial charge in [-0.3, -0.25) is 14.9 Å². The molecule has 36 heavy (non-hydrogen) atoms. The Morgan fingerprint density at radius 2 is 1.58 bits per heavy atom. The predicted molar refractivity (Wildman–Crippen MR) is 139 cm³/mol. The number of anilines is 1. The molecule has 4 rings (SSSR count). The fourth-order valence-electron chi connectivity index (χ4n) is 3.65. The lowest BCUT2D eigenvalue weighted by Gasteiger charge is -2.11. The standard InChI is InChI=1S/C28H23ClN2O5/c1-18-10-19(2)12-26(11-18)36-27-15-23(14-24(16-27)31(33)34)30-28(32)21-5-3-4-20(13-21)17-35-25-8-6-22(29)7-9-25/h3-16H,17H2,1-2H3,(H,30,32). The Hall–Kier alpha value is -4.36. The van der Waals surface area contributed by atoms with Crippen LogP contribution in [0.15, 0.2) is 84.9 Å². The zero-order chi connectivity index (χ0) is 25.7. The summed E-state index contributed by atoms with van der Waals surface area (Å²) >= 11 is 5.90. The smallest absolute Gasteiger partial charge is 0.275 e. The number of benzene rings is 4. The van der Waals surface area contributed by atoms with E-state index in [0.717, 1.165) is 16.7 Å². The topological polar surface area (TPSA) is 90.7 Å². The van der Waals surface area contributed by atoms with Crippen molar-refractivity contribution in [2.75, 3.05) is 5.32 Å². The Labute approximate surface area is 213 Å². The molecule has 0 aliphatic heterocycles. The lowest BCUT2D eigenvalue weighted by molar-refractivity contribution is -0.384. The lowest BCUT2D eigenvalue weighted by atomic mass is 10.1. The van der Waals surface area contributed by atoms with Gasteiger partial charge in [-0.2, -0.15) is 0 Å². The van der Waals surface area contributed by atoms with E-state index in [4.69, 9.17) is 21.1 Å². The summed E-state index contributed by atoms with van der Waals surface area (Å²) < 4.78 is 11.6. The van der Waals surface area contributed by atoms with Crippen molar-refractivity contribution in [3.05, 3.63) is 122 Å². The van der Waals surface area contributed by atoms with E-state index in [0.29, 0.717) is 22.1 Å². The van der Waals surface area contributed by atoms with Crippen LogP contribution in [-0.4, -0.2) is 10.8 Å². The number of ether oxygens (including phenoxy) is 2. The molecule has 1 N–H and O–H groups in total. The number of hydrogen-bond donors (Lipinski definition) is 1. The minimum atomic E-state index is -0.529. The average molecular weight is 503 g/mol. The first-order chi connectivity index (χ1) is 17.2. The molecule has 4 aromatic carbocycles. The molecule has 1 amide bonds. The van der Waals surface area contributed by atoms with Gasteiger partial charge in [0.15, 0.2) is 0 Å². The van der Waals surface area contributed by atoms with E-state index in [9.17, 15) is 14.9 Å². The minimum Gasteiger partial charge on any atom is -0.489 e. The van der Waals surface area contributed by atoms with Crippen LogP contribution in [0.5, 0.6) is 17.2 Å². The largest absolute Gasteiger partial charge is 0.489 e. The number of nitro groups is 1. The Morgan fingerprint density at radius 1 is 0.889 bits per heavy atom. The number of hydrogen-bond acceptors (Lipinski definition) is 5. The Kier molecular flexibility index (Phi) is 7.51. The minimum absolute atomic E-state index is 0.197. The number of aryl methyl sites for hydroxylation is 2. The van der Waals surface area contributed by atoms with Crippen LogP contribution < -0.4 is 14.8 Å². The van der Waals surface area contributed by atoms with E-state index >= 15 is 0 Å². The van der Waals surface area contributed by atoms with Crippen LogP contribution in [0.4, 0.5) is 11.4 Å². The highest BCUT2D eigenvalue weighted by Gasteiger charge is 2.15. The van der Waals surface area contributed by atoms with Crippen LogP contribution >= 0.6 is 11.6 Å². The molecule has 0 radical (unpaired) electrons. The van der Waals surface area contributed by atoms with Gasteiger partial charge in [0.2, 0.25) is 0 Å². The maximum absolute atomic E-state index is 12.9. The van der Waals surface area contributed by atoms with Crippen LogP contribution in [0.1, 0.15) is 27.0 Å². The third kappa shape index (κ3) is 6.61. The summed E-state index contributed by atoms with van der Waals surface area (Å²) in [6.07, 6.45) is 0. The van der Waals surface area contributed by atoms with Crippen molar-refractivity contribution < 1.29 is 19.2 Å². The van der Waals surface area contributed by atoms with E-state index in [1.54, 1.807) is 48.5 Å². The van der Waals surface area contributed by atoms with Gasteiger partial charge in [0.1, 0.15) is 23.9 Å². The van der Waals surface area contributed by atoms with Crippen molar-refractivity contribution in [2.45, 2.75) is 20.5 Å². The number of carbonyl (C=O) groups excluding carboxylic acids is 1. The molecular weight excluding hydrogens is 480 g/mol. The molecule has 0 aliphatic carbocycles. The molecular formula is C28H23ClN2O5. The highest BCUT2D eigenvalue weighted by Crippen LogP contribution is 2.31. The van der Waals surface area contributed by atoms with Crippen LogP contribution in [-0.2, 0) is 6.61 Å². The van der Waals surface area contributed by atoms with Crippen molar-refractivity contribution in [1.29, 1.82) is 0 Å². The monoisotopic (exact) mass is 502 g/mol. The number of halogens is 1. The molecule has 0 aromatic heterocycles. The van der Waals surface area contributed by atoms with E-state index in [1.807, 2.05) is 38.1 Å². The molecule has 0 saturated carbocycles. The van der Waals surface area contributed by atoms with Gasteiger partial charge < -0.3 is 14.8 Å². The zero-order valence-electron chi connectivity index (χ0n) is 19.7. The normalized spacial score (nSPS) is 10.5. The third-order valence-electron chi connectivity index (χ3n) is 5.20. The Bertz CT molecular complexity index is 1400. The highest BCUT2D eigenvalue weighted by molar-refractivity contribution is 6.30.